The number of benzene rings is 2. The summed E-state index contributed by atoms with van der Waals surface area (Å²) < 4.78 is 30.3. The van der Waals surface area contributed by atoms with E-state index in [-0.39, 0.29) is 19.0 Å². The summed E-state index contributed by atoms with van der Waals surface area (Å²) in [4.78, 5) is 11.2. The maximum Gasteiger partial charge on any atom is 0.347 e. The number of aryl methyl sites for hydroxylation is 2. The van der Waals surface area contributed by atoms with Crippen LogP contribution in [0.4, 0.5) is 4.39 Å². The third-order valence-corrected chi connectivity index (χ3v) is 4.06. The Hall–Kier alpha value is -3.02. The lowest BCUT2D eigenvalue weighted by Crippen LogP contribution is -2.38. The van der Waals surface area contributed by atoms with Gasteiger partial charge in [-0.05, 0) is 68.7 Å². The quantitative estimate of drug-likeness (QED) is 0.631. The van der Waals surface area contributed by atoms with Gasteiger partial charge in [0.05, 0.1) is 0 Å². The second-order valence-electron chi connectivity index (χ2n) is 7.08. The van der Waals surface area contributed by atoms with Crippen molar-refractivity contribution in [2.75, 3.05) is 13.2 Å². The van der Waals surface area contributed by atoms with Crippen LogP contribution in [0.25, 0.3) is 0 Å². The zero-order valence-corrected chi connectivity index (χ0v) is 16.5. The van der Waals surface area contributed by atoms with Crippen molar-refractivity contribution in [1.82, 2.24) is 0 Å². The van der Waals surface area contributed by atoms with E-state index in [1.807, 2.05) is 6.92 Å². The van der Waals surface area contributed by atoms with E-state index in [2.05, 4.69) is 6.58 Å². The Bertz CT molecular complexity index is 873. The van der Waals surface area contributed by atoms with Gasteiger partial charge in [-0.25, -0.2) is 9.18 Å². The molecule has 0 atom stereocenters. The van der Waals surface area contributed by atoms with E-state index in [1.54, 1.807) is 37.3 Å². The minimum Gasteiger partial charge on any atom is -0.489 e. The van der Waals surface area contributed by atoms with Crippen LogP contribution in [0.1, 0.15) is 25.0 Å². The van der Waals surface area contributed by atoms with Gasteiger partial charge < -0.3 is 19.3 Å². The maximum absolute atomic E-state index is 13.5. The number of rotatable bonds is 9. The average molecular weight is 388 g/mol. The van der Waals surface area contributed by atoms with Crippen LogP contribution in [0.5, 0.6) is 17.2 Å². The average Bonchev–Trinajstić information content (AvgIpc) is 2.62. The van der Waals surface area contributed by atoms with Crippen LogP contribution < -0.4 is 14.2 Å². The zero-order chi connectivity index (χ0) is 20.9. The Morgan fingerprint density at radius 1 is 1.04 bits per heavy atom. The topological polar surface area (TPSA) is 65.0 Å². The van der Waals surface area contributed by atoms with Gasteiger partial charge >= 0.3 is 5.97 Å². The molecule has 2 aromatic carbocycles. The minimum atomic E-state index is -1.33. The summed E-state index contributed by atoms with van der Waals surface area (Å²) in [6.45, 7) is 10.8. The number of halogens is 1. The van der Waals surface area contributed by atoms with Gasteiger partial charge in [0.1, 0.15) is 36.3 Å². The van der Waals surface area contributed by atoms with Crippen molar-refractivity contribution < 1.29 is 28.5 Å². The molecule has 0 saturated carbocycles. The normalized spacial score (nSPS) is 11.0. The molecule has 0 aliphatic heterocycles. The van der Waals surface area contributed by atoms with Crippen molar-refractivity contribution in [2.45, 2.75) is 33.3 Å². The fourth-order valence-corrected chi connectivity index (χ4v) is 2.22. The molecule has 0 radical (unpaired) electrons. The molecule has 0 aliphatic rings. The second-order valence-corrected chi connectivity index (χ2v) is 7.08. The second kappa shape index (κ2) is 8.78. The number of aliphatic carboxylic acids is 1. The summed E-state index contributed by atoms with van der Waals surface area (Å²) in [6.07, 6.45) is 0. The third-order valence-electron chi connectivity index (χ3n) is 4.06. The van der Waals surface area contributed by atoms with Gasteiger partial charge in [-0.2, -0.15) is 0 Å². The van der Waals surface area contributed by atoms with E-state index in [9.17, 15) is 9.18 Å². The monoisotopic (exact) mass is 388 g/mol. The first-order valence-electron chi connectivity index (χ1n) is 8.80. The van der Waals surface area contributed by atoms with Crippen molar-refractivity contribution in [3.63, 3.8) is 0 Å². The maximum atomic E-state index is 13.5. The van der Waals surface area contributed by atoms with Crippen molar-refractivity contribution in [3.05, 3.63) is 65.5 Å². The molecule has 0 bridgehead atoms. The standard InChI is InChI=1S/C22H25FO5/c1-14(13-27-18-7-6-15(2)19(23)11-18)12-26-17-8-9-20(16(3)10-17)28-22(4,5)21(24)25/h6-11H,1,12-13H2,2-5H3,(H,24,25). The molecule has 2 aromatic rings. The van der Waals surface area contributed by atoms with Gasteiger partial charge in [0.2, 0.25) is 0 Å². The van der Waals surface area contributed by atoms with Crippen LogP contribution in [0.2, 0.25) is 0 Å². The molecule has 2 rings (SSSR count). The molecule has 0 amide bonds. The van der Waals surface area contributed by atoms with Crippen molar-refractivity contribution in [2.24, 2.45) is 0 Å². The van der Waals surface area contributed by atoms with Crippen LogP contribution >= 0.6 is 0 Å². The Morgan fingerprint density at radius 3 is 2.14 bits per heavy atom. The lowest BCUT2D eigenvalue weighted by molar-refractivity contribution is -0.152. The molecule has 0 unspecified atom stereocenters. The summed E-state index contributed by atoms with van der Waals surface area (Å²) in [7, 11) is 0. The van der Waals surface area contributed by atoms with Crippen LogP contribution in [0.3, 0.4) is 0 Å². The van der Waals surface area contributed by atoms with E-state index in [4.69, 9.17) is 19.3 Å². The van der Waals surface area contributed by atoms with Crippen molar-refractivity contribution in [3.8, 4) is 17.2 Å². The van der Waals surface area contributed by atoms with Gasteiger partial charge in [0, 0.05) is 6.07 Å². The molecule has 1 N–H and O–H groups in total. The largest absolute Gasteiger partial charge is 0.489 e. The molecule has 150 valence electrons. The molecule has 0 heterocycles. The van der Waals surface area contributed by atoms with Crippen LogP contribution in [0, 0.1) is 19.7 Å². The molecule has 0 saturated heterocycles. The number of carbonyl (C=O) groups is 1. The first kappa shape index (κ1) is 21.3. The van der Waals surface area contributed by atoms with Crippen molar-refractivity contribution in [1.29, 1.82) is 0 Å². The molecule has 28 heavy (non-hydrogen) atoms. The zero-order valence-electron chi connectivity index (χ0n) is 16.5. The highest BCUT2D eigenvalue weighted by Crippen LogP contribution is 2.27. The SMILES string of the molecule is C=C(COc1ccc(OC(C)(C)C(=O)O)c(C)c1)COc1ccc(C)c(F)c1. The fraction of sp³-hybridized carbons (Fsp3) is 0.318. The summed E-state index contributed by atoms with van der Waals surface area (Å²) in [5.74, 6) is 0.145. The van der Waals surface area contributed by atoms with Gasteiger partial charge in [0.25, 0.3) is 0 Å². The number of hydrogen-bond donors (Lipinski definition) is 1. The Kier molecular flexibility index (Phi) is 6.67. The van der Waals surface area contributed by atoms with E-state index < -0.39 is 11.6 Å². The van der Waals surface area contributed by atoms with Gasteiger partial charge in [-0.1, -0.05) is 12.6 Å². The predicted octanol–water partition coefficient (Wildman–Crippen LogP) is 4.70. The Labute approximate surface area is 164 Å². The molecular weight excluding hydrogens is 363 g/mol. The third kappa shape index (κ3) is 5.74. The molecule has 0 aromatic heterocycles. The number of hydrogen-bond acceptors (Lipinski definition) is 4. The lowest BCUT2D eigenvalue weighted by atomic mass is 10.1. The first-order valence-corrected chi connectivity index (χ1v) is 8.80. The van der Waals surface area contributed by atoms with Gasteiger partial charge in [-0.3, -0.25) is 0 Å². The lowest BCUT2D eigenvalue weighted by Gasteiger charge is -2.23. The van der Waals surface area contributed by atoms with Crippen molar-refractivity contribution >= 4 is 5.97 Å². The highest BCUT2D eigenvalue weighted by molar-refractivity contribution is 5.76. The molecular formula is C22H25FO5. The summed E-state index contributed by atoms with van der Waals surface area (Å²) in [5.41, 5.74) is 0.674. The summed E-state index contributed by atoms with van der Waals surface area (Å²) in [5, 5.41) is 9.16. The van der Waals surface area contributed by atoms with Crippen LogP contribution in [-0.4, -0.2) is 29.9 Å². The minimum absolute atomic E-state index is 0.204. The Balaban J connectivity index is 1.88. The first-order chi connectivity index (χ1) is 13.1. The molecule has 0 fully saturated rings. The van der Waals surface area contributed by atoms with Gasteiger partial charge in [-0.15, -0.1) is 0 Å². The smallest absolute Gasteiger partial charge is 0.347 e. The van der Waals surface area contributed by atoms with Crippen LogP contribution in [-0.2, 0) is 4.79 Å². The number of ether oxygens (including phenoxy) is 3. The Morgan fingerprint density at radius 2 is 1.61 bits per heavy atom. The van der Waals surface area contributed by atoms with E-state index >= 15 is 0 Å². The highest BCUT2D eigenvalue weighted by Gasteiger charge is 2.29. The predicted molar refractivity (Wildman–Crippen MR) is 105 cm³/mol. The molecule has 0 aliphatic carbocycles. The molecule has 5 nitrogen and oxygen atoms in total. The highest BCUT2D eigenvalue weighted by atomic mass is 19.1. The molecule has 6 heteroatoms. The molecule has 0 spiro atoms. The fourth-order valence-electron chi connectivity index (χ4n) is 2.22. The summed E-state index contributed by atoms with van der Waals surface area (Å²) >= 11 is 0. The van der Waals surface area contributed by atoms with E-state index in [1.165, 1.54) is 19.9 Å². The van der Waals surface area contributed by atoms with E-state index in [0.29, 0.717) is 28.4 Å². The van der Waals surface area contributed by atoms with Gasteiger partial charge in [0.15, 0.2) is 5.60 Å². The van der Waals surface area contributed by atoms with E-state index in [0.717, 1.165) is 5.56 Å². The number of carboxylic acids is 1. The number of carboxylic acid groups (broad SMARTS) is 1. The van der Waals surface area contributed by atoms with Crippen LogP contribution in [0.15, 0.2) is 48.6 Å². The summed E-state index contributed by atoms with van der Waals surface area (Å²) in [6, 6.07) is 9.82.